The zero-order chi connectivity index (χ0) is 19.1. The molecule has 0 aliphatic rings. The third-order valence-corrected chi connectivity index (χ3v) is 4.25. The van der Waals surface area contributed by atoms with E-state index in [1.165, 1.54) is 10.7 Å². The molecule has 6 heteroatoms. The highest BCUT2D eigenvalue weighted by molar-refractivity contribution is 5.75. The normalized spacial score (nSPS) is 11.3. The van der Waals surface area contributed by atoms with Gasteiger partial charge in [-0.05, 0) is 33.8 Å². The summed E-state index contributed by atoms with van der Waals surface area (Å²) in [6.07, 6.45) is 0. The molecule has 1 aromatic carbocycles. The first-order valence-electron chi connectivity index (χ1n) is 9.04. The lowest BCUT2D eigenvalue weighted by Crippen LogP contribution is -2.43. The Bertz CT molecular complexity index is 761. The highest BCUT2D eigenvalue weighted by Gasteiger charge is 2.13. The van der Waals surface area contributed by atoms with E-state index >= 15 is 0 Å². The summed E-state index contributed by atoms with van der Waals surface area (Å²) in [7, 11) is 0. The molecule has 0 aliphatic heterocycles. The van der Waals surface area contributed by atoms with Gasteiger partial charge in [0, 0.05) is 36.8 Å². The number of benzene rings is 1. The quantitative estimate of drug-likeness (QED) is 0.787. The van der Waals surface area contributed by atoms with Crippen molar-refractivity contribution in [2.24, 2.45) is 0 Å². The van der Waals surface area contributed by atoms with E-state index in [1.54, 1.807) is 6.07 Å². The lowest BCUT2D eigenvalue weighted by molar-refractivity contribution is -0.122. The molecule has 26 heavy (non-hydrogen) atoms. The van der Waals surface area contributed by atoms with Gasteiger partial charge in [-0.1, -0.05) is 30.3 Å². The summed E-state index contributed by atoms with van der Waals surface area (Å²) in [6, 6.07) is 13.5. The Morgan fingerprint density at radius 1 is 1.08 bits per heavy atom. The number of hydrogen-bond acceptors (Lipinski definition) is 4. The Kier molecular flexibility index (Phi) is 7.09. The van der Waals surface area contributed by atoms with Crippen LogP contribution in [0.15, 0.2) is 47.3 Å². The predicted octanol–water partition coefficient (Wildman–Crippen LogP) is 2.15. The maximum atomic E-state index is 12.2. The van der Waals surface area contributed by atoms with Gasteiger partial charge in [0.15, 0.2) is 0 Å². The van der Waals surface area contributed by atoms with Crippen molar-refractivity contribution in [3.05, 3.63) is 52.8 Å². The van der Waals surface area contributed by atoms with Crippen molar-refractivity contribution in [3.63, 3.8) is 0 Å². The summed E-state index contributed by atoms with van der Waals surface area (Å²) in [6.45, 7) is 9.79. The predicted molar refractivity (Wildman–Crippen MR) is 104 cm³/mol. The molecular weight excluding hydrogens is 328 g/mol. The average Bonchev–Trinajstić information content (AvgIpc) is 2.60. The lowest BCUT2D eigenvalue weighted by atomic mass is 10.1. The fourth-order valence-corrected chi connectivity index (χ4v) is 2.95. The van der Waals surface area contributed by atoms with E-state index in [4.69, 9.17) is 0 Å². The maximum absolute atomic E-state index is 12.2. The molecular formula is C20H28N4O2. The van der Waals surface area contributed by atoms with E-state index in [0.717, 1.165) is 12.1 Å². The van der Waals surface area contributed by atoms with Crippen LogP contribution in [0.25, 0.3) is 11.3 Å². The first-order chi connectivity index (χ1) is 12.4. The first-order valence-corrected chi connectivity index (χ1v) is 9.04. The molecule has 1 aromatic heterocycles. The SMILES string of the molecule is CC(C)N(CCNC(=O)Cn1nc(-c2ccccc2)ccc1=O)C(C)C. The second-order valence-electron chi connectivity index (χ2n) is 6.86. The third-order valence-electron chi connectivity index (χ3n) is 4.25. The minimum absolute atomic E-state index is 0.0805. The van der Waals surface area contributed by atoms with Crippen LogP contribution in [0, 0.1) is 0 Å². The molecule has 140 valence electrons. The Labute approximate surface area is 154 Å². The van der Waals surface area contributed by atoms with Crippen LogP contribution in [0.3, 0.4) is 0 Å². The van der Waals surface area contributed by atoms with Gasteiger partial charge in [0.25, 0.3) is 5.56 Å². The Hall–Kier alpha value is -2.47. The van der Waals surface area contributed by atoms with Gasteiger partial charge in [-0.25, -0.2) is 4.68 Å². The molecule has 0 unspecified atom stereocenters. The molecule has 0 fully saturated rings. The highest BCUT2D eigenvalue weighted by Crippen LogP contribution is 2.13. The molecule has 2 aromatic rings. The van der Waals surface area contributed by atoms with Gasteiger partial charge in [-0.2, -0.15) is 5.10 Å². The number of nitrogens with one attached hydrogen (secondary N) is 1. The summed E-state index contributed by atoms with van der Waals surface area (Å²) < 4.78 is 1.21. The van der Waals surface area contributed by atoms with Crippen LogP contribution < -0.4 is 10.9 Å². The van der Waals surface area contributed by atoms with Crippen LogP contribution in [0.5, 0.6) is 0 Å². The number of amides is 1. The van der Waals surface area contributed by atoms with E-state index in [2.05, 4.69) is 43.0 Å². The first kappa shape index (κ1) is 19.8. The van der Waals surface area contributed by atoms with E-state index in [1.807, 2.05) is 30.3 Å². The van der Waals surface area contributed by atoms with E-state index in [0.29, 0.717) is 24.3 Å². The molecule has 2 rings (SSSR count). The summed E-state index contributed by atoms with van der Waals surface area (Å²) in [5.41, 5.74) is 1.29. The van der Waals surface area contributed by atoms with Crippen LogP contribution in [-0.4, -0.2) is 45.8 Å². The fraction of sp³-hybridized carbons (Fsp3) is 0.450. The summed E-state index contributed by atoms with van der Waals surface area (Å²) in [4.78, 5) is 26.5. The molecule has 1 N–H and O–H groups in total. The fourth-order valence-electron chi connectivity index (χ4n) is 2.95. The zero-order valence-electron chi connectivity index (χ0n) is 16.0. The van der Waals surface area contributed by atoms with E-state index < -0.39 is 0 Å². The van der Waals surface area contributed by atoms with E-state index in [-0.39, 0.29) is 18.0 Å². The standard InChI is InChI=1S/C20H28N4O2/c1-15(2)23(16(3)4)13-12-21-19(25)14-24-20(26)11-10-18(22-24)17-8-6-5-7-9-17/h5-11,15-16H,12-14H2,1-4H3,(H,21,25). The monoisotopic (exact) mass is 356 g/mol. The number of nitrogens with zero attached hydrogens (tertiary/aromatic N) is 3. The highest BCUT2D eigenvalue weighted by atomic mass is 16.2. The van der Waals surface area contributed by atoms with Crippen LogP contribution >= 0.6 is 0 Å². The van der Waals surface area contributed by atoms with Crippen molar-refractivity contribution in [2.75, 3.05) is 13.1 Å². The molecule has 1 amide bonds. The molecule has 0 saturated carbocycles. The van der Waals surface area contributed by atoms with Crippen LogP contribution in [0.4, 0.5) is 0 Å². The van der Waals surface area contributed by atoms with Gasteiger partial charge in [-0.3, -0.25) is 14.5 Å². The summed E-state index contributed by atoms with van der Waals surface area (Å²) >= 11 is 0. The van der Waals surface area contributed by atoms with Gasteiger partial charge in [0.2, 0.25) is 5.91 Å². The van der Waals surface area contributed by atoms with E-state index in [9.17, 15) is 9.59 Å². The van der Waals surface area contributed by atoms with Gasteiger partial charge >= 0.3 is 0 Å². The minimum Gasteiger partial charge on any atom is -0.353 e. The Morgan fingerprint density at radius 2 is 1.73 bits per heavy atom. The largest absolute Gasteiger partial charge is 0.353 e. The molecule has 0 bridgehead atoms. The van der Waals surface area contributed by atoms with Crippen molar-refractivity contribution >= 4 is 5.91 Å². The number of rotatable bonds is 8. The number of carbonyl (C=O) groups excluding carboxylic acids is 1. The third kappa shape index (κ3) is 5.52. The number of carbonyl (C=O) groups is 1. The van der Waals surface area contributed by atoms with Gasteiger partial charge in [0.05, 0.1) is 5.69 Å². The smallest absolute Gasteiger partial charge is 0.267 e. The minimum atomic E-state index is -0.286. The average molecular weight is 356 g/mol. The Balaban J connectivity index is 1.97. The van der Waals surface area contributed by atoms with Crippen molar-refractivity contribution in [2.45, 2.75) is 46.3 Å². The van der Waals surface area contributed by atoms with Gasteiger partial charge < -0.3 is 5.32 Å². The molecule has 0 spiro atoms. The molecule has 0 aliphatic carbocycles. The van der Waals surface area contributed by atoms with Crippen molar-refractivity contribution in [3.8, 4) is 11.3 Å². The molecule has 0 saturated heterocycles. The van der Waals surface area contributed by atoms with Gasteiger partial charge in [-0.15, -0.1) is 0 Å². The van der Waals surface area contributed by atoms with Crippen molar-refractivity contribution in [1.82, 2.24) is 20.0 Å². The lowest BCUT2D eigenvalue weighted by Gasteiger charge is -2.30. The molecule has 0 radical (unpaired) electrons. The second-order valence-corrected chi connectivity index (χ2v) is 6.86. The summed E-state index contributed by atoms with van der Waals surface area (Å²) in [5, 5.41) is 7.19. The maximum Gasteiger partial charge on any atom is 0.267 e. The molecule has 1 heterocycles. The number of hydrogen-bond donors (Lipinski definition) is 1. The van der Waals surface area contributed by atoms with Crippen molar-refractivity contribution < 1.29 is 4.79 Å². The van der Waals surface area contributed by atoms with Gasteiger partial charge in [0.1, 0.15) is 6.54 Å². The second kappa shape index (κ2) is 9.29. The Morgan fingerprint density at radius 3 is 2.35 bits per heavy atom. The van der Waals surface area contributed by atoms with Crippen LogP contribution in [0.1, 0.15) is 27.7 Å². The summed E-state index contributed by atoms with van der Waals surface area (Å²) in [5.74, 6) is -0.211. The number of aromatic nitrogens is 2. The van der Waals surface area contributed by atoms with Crippen molar-refractivity contribution in [1.29, 1.82) is 0 Å². The van der Waals surface area contributed by atoms with Crippen LogP contribution in [0.2, 0.25) is 0 Å². The molecule has 0 atom stereocenters. The van der Waals surface area contributed by atoms with Crippen LogP contribution in [-0.2, 0) is 11.3 Å². The molecule has 6 nitrogen and oxygen atoms in total. The topological polar surface area (TPSA) is 67.2 Å². The zero-order valence-corrected chi connectivity index (χ0v) is 16.0.